The third-order valence-corrected chi connectivity index (χ3v) is 6.59. The lowest BCUT2D eigenvalue weighted by Crippen LogP contribution is -2.23. The van der Waals surface area contributed by atoms with Crippen molar-refractivity contribution >= 4 is 39.6 Å². The summed E-state index contributed by atoms with van der Waals surface area (Å²) in [4.78, 5) is 29.5. The lowest BCUT2D eigenvalue weighted by atomic mass is 10.0. The van der Waals surface area contributed by atoms with Crippen LogP contribution < -0.4 is 5.32 Å². The highest BCUT2D eigenvalue weighted by atomic mass is 16.1. The molecule has 6 rings (SSSR count). The van der Waals surface area contributed by atoms with E-state index in [1.54, 1.807) is 12.4 Å². The number of carbonyl (C=O) groups is 1. The highest BCUT2D eigenvalue weighted by Gasteiger charge is 2.16. The SMILES string of the molecule is CCCCC(=O)NC1=CC(c2ccc3[nH]nc(-c4cc5c(-c6cccnc6)cccc5[nH]4)c3n2)=CCN=C1. The number of aromatic amines is 2. The molecule has 5 aromatic rings. The third-order valence-electron chi connectivity index (χ3n) is 6.59. The number of hydrogen-bond acceptors (Lipinski definition) is 5. The van der Waals surface area contributed by atoms with Crippen LogP contribution in [0.3, 0.4) is 0 Å². The number of hydrogen-bond donors (Lipinski definition) is 3. The van der Waals surface area contributed by atoms with Crippen LogP contribution in [0, 0.1) is 0 Å². The Morgan fingerprint density at radius 2 is 2.05 bits per heavy atom. The summed E-state index contributed by atoms with van der Waals surface area (Å²) in [5.74, 6) is -0.00389. The number of fused-ring (bicyclic) bond motifs is 2. The van der Waals surface area contributed by atoms with Crippen molar-refractivity contribution in [1.29, 1.82) is 0 Å². The first-order valence-electron chi connectivity index (χ1n) is 12.8. The minimum Gasteiger partial charge on any atom is -0.353 e. The maximum atomic E-state index is 12.3. The molecule has 1 aromatic carbocycles. The predicted octanol–water partition coefficient (Wildman–Crippen LogP) is 5.83. The van der Waals surface area contributed by atoms with Gasteiger partial charge in [-0.3, -0.25) is 19.9 Å². The van der Waals surface area contributed by atoms with Crippen molar-refractivity contribution in [2.45, 2.75) is 26.2 Å². The highest BCUT2D eigenvalue weighted by molar-refractivity contribution is 6.00. The molecule has 1 amide bonds. The summed E-state index contributed by atoms with van der Waals surface area (Å²) >= 11 is 0. The van der Waals surface area contributed by atoms with Crippen molar-refractivity contribution < 1.29 is 4.79 Å². The van der Waals surface area contributed by atoms with Gasteiger partial charge in [-0.25, -0.2) is 4.98 Å². The fourth-order valence-electron chi connectivity index (χ4n) is 4.68. The first-order valence-corrected chi connectivity index (χ1v) is 12.8. The zero-order valence-corrected chi connectivity index (χ0v) is 21.0. The van der Waals surface area contributed by atoms with Crippen molar-refractivity contribution in [3.8, 4) is 22.5 Å². The van der Waals surface area contributed by atoms with Crippen molar-refractivity contribution in [3.05, 3.63) is 84.5 Å². The van der Waals surface area contributed by atoms with Gasteiger partial charge >= 0.3 is 0 Å². The van der Waals surface area contributed by atoms with Crippen molar-refractivity contribution in [2.24, 2.45) is 4.99 Å². The molecule has 4 aromatic heterocycles. The van der Waals surface area contributed by atoms with Gasteiger partial charge in [0, 0.05) is 47.1 Å². The van der Waals surface area contributed by atoms with E-state index in [0.29, 0.717) is 18.7 Å². The van der Waals surface area contributed by atoms with Gasteiger partial charge in [0.2, 0.25) is 5.91 Å². The van der Waals surface area contributed by atoms with Crippen LogP contribution >= 0.6 is 0 Å². The summed E-state index contributed by atoms with van der Waals surface area (Å²) in [5, 5.41) is 11.8. The van der Waals surface area contributed by atoms with Crippen LogP contribution in [0.1, 0.15) is 31.9 Å². The second kappa shape index (κ2) is 10.3. The Bertz CT molecular complexity index is 1720. The largest absolute Gasteiger partial charge is 0.353 e. The minimum absolute atomic E-state index is 0.00389. The summed E-state index contributed by atoms with van der Waals surface area (Å²) < 4.78 is 0. The number of carbonyl (C=O) groups excluding carboxylic acids is 1. The quantitative estimate of drug-likeness (QED) is 0.261. The number of aliphatic imine (C=N–C) groups is 1. The van der Waals surface area contributed by atoms with Gasteiger partial charge in [0.25, 0.3) is 0 Å². The summed E-state index contributed by atoms with van der Waals surface area (Å²) in [5.41, 5.74) is 8.78. The second-order valence-electron chi connectivity index (χ2n) is 9.26. The zero-order chi connectivity index (χ0) is 25.9. The number of benzene rings is 1. The Morgan fingerprint density at radius 1 is 1.11 bits per heavy atom. The van der Waals surface area contributed by atoms with Gasteiger partial charge in [-0.15, -0.1) is 0 Å². The summed E-state index contributed by atoms with van der Waals surface area (Å²) in [6.45, 7) is 2.58. The fourth-order valence-corrected chi connectivity index (χ4v) is 4.68. The van der Waals surface area contributed by atoms with E-state index in [2.05, 4.69) is 61.7 Å². The number of rotatable bonds is 7. The summed E-state index contributed by atoms with van der Waals surface area (Å²) in [7, 11) is 0. The molecular weight excluding hydrogens is 474 g/mol. The fraction of sp³-hybridized carbons (Fsp3) is 0.167. The van der Waals surface area contributed by atoms with Gasteiger partial charge in [0.1, 0.15) is 11.2 Å². The van der Waals surface area contributed by atoms with Gasteiger partial charge in [0.15, 0.2) is 0 Å². The number of H-pyrrole nitrogens is 2. The van der Waals surface area contributed by atoms with Crippen LogP contribution in [0.25, 0.3) is 50.0 Å². The zero-order valence-electron chi connectivity index (χ0n) is 21.0. The number of allylic oxidation sites excluding steroid dienone is 3. The van der Waals surface area contributed by atoms with Crippen LogP contribution in [0.2, 0.25) is 0 Å². The van der Waals surface area contributed by atoms with Gasteiger partial charge < -0.3 is 10.3 Å². The van der Waals surface area contributed by atoms with Gasteiger partial charge in [-0.05, 0) is 48.4 Å². The molecule has 0 aliphatic carbocycles. The first-order chi connectivity index (χ1) is 18.7. The molecule has 8 nitrogen and oxygen atoms in total. The molecule has 0 unspecified atom stereocenters. The van der Waals surface area contributed by atoms with Gasteiger partial charge in [-0.1, -0.05) is 37.6 Å². The van der Waals surface area contributed by atoms with Crippen LogP contribution in [0.15, 0.2) is 83.8 Å². The molecule has 0 atom stereocenters. The van der Waals surface area contributed by atoms with Crippen LogP contribution in [0.5, 0.6) is 0 Å². The monoisotopic (exact) mass is 501 g/mol. The van der Waals surface area contributed by atoms with Gasteiger partial charge in [-0.2, -0.15) is 5.10 Å². The van der Waals surface area contributed by atoms with E-state index in [0.717, 1.165) is 68.6 Å². The van der Waals surface area contributed by atoms with Crippen LogP contribution in [-0.4, -0.2) is 43.8 Å². The third kappa shape index (κ3) is 4.64. The number of nitrogens with zero attached hydrogens (tertiary/aromatic N) is 4. The molecule has 188 valence electrons. The average Bonchev–Trinajstić information content (AvgIpc) is 3.50. The number of unbranched alkanes of at least 4 members (excludes halogenated alkanes) is 1. The molecule has 1 aliphatic rings. The molecule has 0 fully saturated rings. The Kier molecular flexibility index (Phi) is 6.35. The molecule has 38 heavy (non-hydrogen) atoms. The standard InChI is InChI=1S/C30H27N7O/c1-2-3-9-28(38)33-21-15-19(12-14-32-18-21)24-10-11-26-29(35-24)30(37-36-26)27-16-23-22(7-4-8-25(23)34-27)20-6-5-13-31-17-20/h4-8,10-13,15-18,34H,2-3,9,14H2,1H3,(H,33,38)(H,36,37). The smallest absolute Gasteiger partial charge is 0.224 e. The van der Waals surface area contributed by atoms with E-state index in [4.69, 9.17) is 4.98 Å². The molecule has 0 saturated carbocycles. The summed E-state index contributed by atoms with van der Waals surface area (Å²) in [6.07, 6.45) is 11.6. The maximum absolute atomic E-state index is 12.3. The van der Waals surface area contributed by atoms with E-state index in [1.165, 1.54) is 0 Å². The van der Waals surface area contributed by atoms with E-state index >= 15 is 0 Å². The molecule has 0 radical (unpaired) electrons. The van der Waals surface area contributed by atoms with Crippen molar-refractivity contribution in [2.75, 3.05) is 6.54 Å². The normalized spacial score (nSPS) is 13.4. The number of aromatic nitrogens is 5. The molecule has 3 N–H and O–H groups in total. The summed E-state index contributed by atoms with van der Waals surface area (Å²) in [6, 6.07) is 16.3. The van der Waals surface area contributed by atoms with Crippen LogP contribution in [0.4, 0.5) is 0 Å². The van der Waals surface area contributed by atoms with Gasteiger partial charge in [0.05, 0.1) is 29.1 Å². The maximum Gasteiger partial charge on any atom is 0.224 e. The minimum atomic E-state index is -0.00389. The Hall–Kier alpha value is -4.85. The lowest BCUT2D eigenvalue weighted by molar-refractivity contribution is -0.120. The van der Waals surface area contributed by atoms with Crippen LogP contribution in [-0.2, 0) is 4.79 Å². The lowest BCUT2D eigenvalue weighted by Gasteiger charge is -2.06. The molecular formula is C30H27N7O. The first kappa shape index (κ1) is 23.5. The highest BCUT2D eigenvalue weighted by Crippen LogP contribution is 2.33. The molecule has 0 bridgehead atoms. The van der Waals surface area contributed by atoms with E-state index in [-0.39, 0.29) is 5.91 Å². The van der Waals surface area contributed by atoms with E-state index < -0.39 is 0 Å². The van der Waals surface area contributed by atoms with Crippen molar-refractivity contribution in [1.82, 2.24) is 30.5 Å². The number of nitrogens with one attached hydrogen (secondary N) is 3. The Labute approximate surface area is 219 Å². The molecule has 1 aliphatic heterocycles. The van der Waals surface area contributed by atoms with E-state index in [9.17, 15) is 4.79 Å². The molecule has 8 heteroatoms. The number of pyridine rings is 2. The Balaban J connectivity index is 1.36. The second-order valence-corrected chi connectivity index (χ2v) is 9.26. The van der Waals surface area contributed by atoms with E-state index in [1.807, 2.05) is 42.6 Å². The average molecular weight is 502 g/mol. The predicted molar refractivity (Wildman–Crippen MR) is 151 cm³/mol. The molecule has 0 saturated heterocycles. The molecule has 0 spiro atoms. The Morgan fingerprint density at radius 3 is 2.92 bits per heavy atom. The topological polar surface area (TPSA) is 112 Å². The molecule has 5 heterocycles. The van der Waals surface area contributed by atoms with Crippen molar-refractivity contribution in [3.63, 3.8) is 0 Å². The number of amides is 1.